The van der Waals surface area contributed by atoms with Crippen LogP contribution in [0.15, 0.2) is 16.5 Å². The first-order valence-corrected chi connectivity index (χ1v) is 6.22. The molecule has 1 aliphatic rings. The van der Waals surface area contributed by atoms with Gasteiger partial charge in [-0.3, -0.25) is 9.69 Å². The van der Waals surface area contributed by atoms with Gasteiger partial charge in [-0.15, -0.1) is 0 Å². The second-order valence-corrected chi connectivity index (χ2v) is 4.55. The number of likely N-dealkylation sites (tertiary alicyclic amines) is 1. The standard InChI is InChI=1S/C13H19NO3/c15-8-2-4-11-3-1-7-14(11)9-12-5-6-13(10-16)17-12/h5-6,10-11,15H,1-4,7-9H2. The van der Waals surface area contributed by atoms with Gasteiger partial charge in [0.2, 0.25) is 0 Å². The molecule has 2 heterocycles. The SMILES string of the molecule is O=Cc1ccc(CN2CCCC2CCCO)o1. The zero-order valence-electron chi connectivity index (χ0n) is 9.97. The second-order valence-electron chi connectivity index (χ2n) is 4.55. The van der Waals surface area contributed by atoms with Crippen molar-refractivity contribution in [1.82, 2.24) is 4.90 Å². The van der Waals surface area contributed by atoms with Crippen molar-refractivity contribution >= 4 is 6.29 Å². The molecule has 0 aromatic carbocycles. The van der Waals surface area contributed by atoms with Crippen molar-refractivity contribution in [3.63, 3.8) is 0 Å². The first-order chi connectivity index (χ1) is 8.33. The molecule has 1 atom stereocenters. The van der Waals surface area contributed by atoms with Crippen LogP contribution in [0.1, 0.15) is 42.0 Å². The number of aliphatic hydroxyl groups excluding tert-OH is 1. The molecule has 1 unspecified atom stereocenters. The highest BCUT2D eigenvalue weighted by molar-refractivity contribution is 5.70. The number of rotatable bonds is 6. The molecule has 0 amide bonds. The Morgan fingerprint density at radius 2 is 2.41 bits per heavy atom. The quantitative estimate of drug-likeness (QED) is 0.767. The number of hydrogen-bond donors (Lipinski definition) is 1. The molecule has 1 aromatic rings. The Morgan fingerprint density at radius 1 is 1.53 bits per heavy atom. The van der Waals surface area contributed by atoms with Gasteiger partial charge in [0.1, 0.15) is 5.76 Å². The minimum absolute atomic E-state index is 0.264. The number of furan rings is 1. The van der Waals surface area contributed by atoms with E-state index in [4.69, 9.17) is 9.52 Å². The largest absolute Gasteiger partial charge is 0.457 e. The minimum atomic E-state index is 0.264. The van der Waals surface area contributed by atoms with E-state index in [-0.39, 0.29) is 6.61 Å². The van der Waals surface area contributed by atoms with Crippen LogP contribution in [0.25, 0.3) is 0 Å². The molecule has 1 aliphatic heterocycles. The monoisotopic (exact) mass is 237 g/mol. The lowest BCUT2D eigenvalue weighted by Crippen LogP contribution is -2.28. The van der Waals surface area contributed by atoms with E-state index in [1.54, 1.807) is 6.07 Å². The lowest BCUT2D eigenvalue weighted by atomic mass is 10.1. The molecular formula is C13H19NO3. The summed E-state index contributed by atoms with van der Waals surface area (Å²) >= 11 is 0. The number of aliphatic hydroxyl groups is 1. The lowest BCUT2D eigenvalue weighted by Gasteiger charge is -2.23. The van der Waals surface area contributed by atoms with Crippen LogP contribution in [0, 0.1) is 0 Å². The third-order valence-electron chi connectivity index (χ3n) is 3.35. The average Bonchev–Trinajstić information content (AvgIpc) is 2.96. The summed E-state index contributed by atoms with van der Waals surface area (Å²) in [5.41, 5.74) is 0. The van der Waals surface area contributed by atoms with Gasteiger partial charge in [0.05, 0.1) is 6.54 Å². The summed E-state index contributed by atoms with van der Waals surface area (Å²) in [5, 5.41) is 8.86. The van der Waals surface area contributed by atoms with Gasteiger partial charge in [-0.1, -0.05) is 0 Å². The summed E-state index contributed by atoms with van der Waals surface area (Å²) in [6, 6.07) is 4.12. The zero-order valence-corrected chi connectivity index (χ0v) is 9.97. The Balaban J connectivity index is 1.90. The maximum Gasteiger partial charge on any atom is 0.185 e. The van der Waals surface area contributed by atoms with Crippen molar-refractivity contribution in [1.29, 1.82) is 0 Å². The molecule has 1 saturated heterocycles. The molecule has 1 fully saturated rings. The summed E-state index contributed by atoms with van der Waals surface area (Å²) in [6.07, 6.45) is 5.03. The Labute approximate surface area is 101 Å². The first-order valence-electron chi connectivity index (χ1n) is 6.22. The number of nitrogens with zero attached hydrogens (tertiary/aromatic N) is 1. The summed E-state index contributed by atoms with van der Waals surface area (Å²) in [7, 11) is 0. The van der Waals surface area contributed by atoms with Crippen LogP contribution in [0.3, 0.4) is 0 Å². The molecule has 0 radical (unpaired) electrons. The van der Waals surface area contributed by atoms with E-state index in [0.717, 1.165) is 38.0 Å². The van der Waals surface area contributed by atoms with Crippen LogP contribution >= 0.6 is 0 Å². The van der Waals surface area contributed by atoms with Gasteiger partial charge in [0.15, 0.2) is 12.0 Å². The fraction of sp³-hybridized carbons (Fsp3) is 0.615. The smallest absolute Gasteiger partial charge is 0.185 e. The fourth-order valence-corrected chi connectivity index (χ4v) is 2.50. The van der Waals surface area contributed by atoms with Crippen molar-refractivity contribution in [2.24, 2.45) is 0 Å². The van der Waals surface area contributed by atoms with Crippen LogP contribution in [-0.4, -0.2) is 35.5 Å². The molecule has 0 bridgehead atoms. The van der Waals surface area contributed by atoms with Crippen molar-refractivity contribution in [2.45, 2.75) is 38.3 Å². The molecule has 1 aromatic heterocycles. The van der Waals surface area contributed by atoms with Crippen molar-refractivity contribution in [3.05, 3.63) is 23.7 Å². The minimum Gasteiger partial charge on any atom is -0.457 e. The highest BCUT2D eigenvalue weighted by Gasteiger charge is 2.24. The van der Waals surface area contributed by atoms with Crippen molar-refractivity contribution < 1.29 is 14.3 Å². The van der Waals surface area contributed by atoms with Crippen LogP contribution in [0.4, 0.5) is 0 Å². The Hall–Kier alpha value is -1.13. The normalized spacial score (nSPS) is 20.9. The van der Waals surface area contributed by atoms with E-state index in [2.05, 4.69) is 4.90 Å². The van der Waals surface area contributed by atoms with Crippen molar-refractivity contribution in [2.75, 3.05) is 13.2 Å². The van der Waals surface area contributed by atoms with E-state index in [9.17, 15) is 4.79 Å². The highest BCUT2D eigenvalue weighted by Crippen LogP contribution is 2.23. The Bertz CT molecular complexity index is 361. The van der Waals surface area contributed by atoms with Crippen molar-refractivity contribution in [3.8, 4) is 0 Å². The Kier molecular flexibility index (Phi) is 4.34. The van der Waals surface area contributed by atoms with Gasteiger partial charge in [-0.05, 0) is 44.4 Å². The maximum atomic E-state index is 10.5. The van der Waals surface area contributed by atoms with E-state index < -0.39 is 0 Å². The van der Waals surface area contributed by atoms with Gasteiger partial charge in [0.25, 0.3) is 0 Å². The molecule has 0 aliphatic carbocycles. The number of carbonyl (C=O) groups is 1. The van der Waals surface area contributed by atoms with Gasteiger partial charge in [-0.25, -0.2) is 0 Å². The predicted molar refractivity (Wildman–Crippen MR) is 63.8 cm³/mol. The molecule has 2 rings (SSSR count). The molecule has 94 valence electrons. The molecular weight excluding hydrogens is 218 g/mol. The Morgan fingerprint density at radius 3 is 3.12 bits per heavy atom. The highest BCUT2D eigenvalue weighted by atomic mass is 16.3. The summed E-state index contributed by atoms with van der Waals surface area (Å²) < 4.78 is 5.39. The average molecular weight is 237 g/mol. The summed E-state index contributed by atoms with van der Waals surface area (Å²) in [4.78, 5) is 12.9. The summed E-state index contributed by atoms with van der Waals surface area (Å²) in [6.45, 7) is 2.11. The zero-order chi connectivity index (χ0) is 12.1. The van der Waals surface area contributed by atoms with Crippen LogP contribution in [-0.2, 0) is 6.54 Å². The molecule has 4 heteroatoms. The van der Waals surface area contributed by atoms with E-state index >= 15 is 0 Å². The topological polar surface area (TPSA) is 53.7 Å². The number of aldehydes is 1. The second kappa shape index (κ2) is 5.98. The maximum absolute atomic E-state index is 10.5. The van der Waals surface area contributed by atoms with Gasteiger partial charge in [-0.2, -0.15) is 0 Å². The third-order valence-corrected chi connectivity index (χ3v) is 3.35. The van der Waals surface area contributed by atoms with Gasteiger partial charge >= 0.3 is 0 Å². The van der Waals surface area contributed by atoms with Crippen LogP contribution in [0.5, 0.6) is 0 Å². The molecule has 4 nitrogen and oxygen atoms in total. The third kappa shape index (κ3) is 3.17. The number of carbonyl (C=O) groups excluding carboxylic acids is 1. The fourth-order valence-electron chi connectivity index (χ4n) is 2.50. The molecule has 1 N–H and O–H groups in total. The molecule has 17 heavy (non-hydrogen) atoms. The van der Waals surface area contributed by atoms with E-state index in [1.165, 1.54) is 12.8 Å². The van der Waals surface area contributed by atoms with Gasteiger partial charge < -0.3 is 9.52 Å². The summed E-state index contributed by atoms with van der Waals surface area (Å²) in [5.74, 6) is 1.24. The van der Waals surface area contributed by atoms with Crippen LogP contribution < -0.4 is 0 Å². The predicted octanol–water partition coefficient (Wildman–Crippen LogP) is 1.83. The van der Waals surface area contributed by atoms with E-state index in [1.807, 2.05) is 6.07 Å². The van der Waals surface area contributed by atoms with Crippen LogP contribution in [0.2, 0.25) is 0 Å². The van der Waals surface area contributed by atoms with E-state index in [0.29, 0.717) is 11.8 Å². The molecule has 0 spiro atoms. The lowest BCUT2D eigenvalue weighted by molar-refractivity contribution is 0.109. The first kappa shape index (κ1) is 12.3. The molecule has 0 saturated carbocycles. The van der Waals surface area contributed by atoms with Gasteiger partial charge in [0, 0.05) is 12.6 Å². The number of hydrogen-bond acceptors (Lipinski definition) is 4.